The molecule has 6 rings (SSSR count). The van der Waals surface area contributed by atoms with Crippen molar-refractivity contribution in [3.63, 3.8) is 0 Å². The summed E-state index contributed by atoms with van der Waals surface area (Å²) in [5.74, 6) is -0.239. The average Bonchev–Trinajstić information content (AvgIpc) is 3.86. The van der Waals surface area contributed by atoms with Crippen molar-refractivity contribution >= 4 is 46.0 Å². The number of hydrogen-bond acceptors (Lipinski definition) is 10. The maximum atomic E-state index is 13.8. The summed E-state index contributed by atoms with van der Waals surface area (Å²) in [7, 11) is 3.13. The van der Waals surface area contributed by atoms with E-state index in [2.05, 4.69) is 0 Å². The number of aromatic nitrogens is 2. The van der Waals surface area contributed by atoms with E-state index in [-0.39, 0.29) is 37.4 Å². The van der Waals surface area contributed by atoms with Crippen molar-refractivity contribution in [1.82, 2.24) is 9.13 Å². The van der Waals surface area contributed by atoms with Crippen LogP contribution in [0.3, 0.4) is 0 Å². The fourth-order valence-electron chi connectivity index (χ4n) is 5.46. The van der Waals surface area contributed by atoms with Gasteiger partial charge in [-0.05, 0) is 62.4 Å². The first-order chi connectivity index (χ1) is 23.3. The maximum absolute atomic E-state index is 13.8. The lowest BCUT2D eigenvalue weighted by Crippen LogP contribution is -2.22. The summed E-state index contributed by atoms with van der Waals surface area (Å²) in [6, 6.07) is 20.5. The molecule has 0 radical (unpaired) electrons. The van der Waals surface area contributed by atoms with Crippen LogP contribution in [-0.4, -0.2) is 60.3 Å². The lowest BCUT2D eigenvalue weighted by Gasteiger charge is -2.10. The van der Waals surface area contributed by atoms with Crippen LogP contribution in [-0.2, 0) is 9.47 Å². The van der Waals surface area contributed by atoms with E-state index in [1.54, 1.807) is 64.5 Å². The third-order valence-electron chi connectivity index (χ3n) is 7.75. The van der Waals surface area contributed by atoms with Crippen LogP contribution in [0.1, 0.15) is 57.3 Å². The van der Waals surface area contributed by atoms with Crippen molar-refractivity contribution in [2.45, 2.75) is 26.7 Å². The Labute approximate surface area is 274 Å². The number of rotatable bonds is 11. The Bertz CT molecular complexity index is 1990. The number of benzene rings is 2. The normalized spacial score (nSPS) is 11.2. The van der Waals surface area contributed by atoms with Crippen LogP contribution >= 0.6 is 0 Å². The molecule has 4 aromatic heterocycles. The van der Waals surface area contributed by atoms with Gasteiger partial charge < -0.3 is 27.8 Å². The highest BCUT2D eigenvalue weighted by Gasteiger charge is 2.28. The van der Waals surface area contributed by atoms with Crippen LogP contribution in [0, 0.1) is 0 Å². The van der Waals surface area contributed by atoms with Gasteiger partial charge in [0, 0.05) is 48.2 Å². The van der Waals surface area contributed by atoms with Crippen molar-refractivity contribution in [1.29, 1.82) is 0 Å². The molecule has 0 atom stereocenters. The molecule has 0 spiro atoms. The summed E-state index contributed by atoms with van der Waals surface area (Å²) in [4.78, 5) is 53.3. The number of carbonyl (C=O) groups excluding carboxylic acids is 4. The molecule has 4 heterocycles. The lowest BCUT2D eigenvalue weighted by molar-refractivity contribution is 0.0500. The molecule has 0 aliphatic heterocycles. The topological polar surface area (TPSA) is 141 Å². The van der Waals surface area contributed by atoms with Crippen molar-refractivity contribution in [3.05, 3.63) is 84.2 Å². The summed E-state index contributed by atoms with van der Waals surface area (Å²) < 4.78 is 35.3. The number of carbonyl (C=O) groups is 4. The molecule has 48 heavy (non-hydrogen) atoms. The first-order valence-corrected chi connectivity index (χ1v) is 15.3. The number of nitrogens with zero attached hydrogens (tertiary/aromatic N) is 2. The zero-order chi connectivity index (χ0) is 33.9. The van der Waals surface area contributed by atoms with Gasteiger partial charge in [-0.2, -0.15) is 0 Å². The van der Waals surface area contributed by atoms with Gasteiger partial charge >= 0.3 is 11.9 Å². The van der Waals surface area contributed by atoms with Gasteiger partial charge in [0.05, 0.1) is 38.5 Å². The fraction of sp³-hybridized carbons (Fsp3) is 0.222. The molecule has 246 valence electrons. The average molecular weight is 653 g/mol. The maximum Gasteiger partial charge on any atom is 0.355 e. The van der Waals surface area contributed by atoms with E-state index in [4.69, 9.17) is 27.8 Å². The van der Waals surface area contributed by atoms with Crippen LogP contribution < -0.4 is 9.47 Å². The van der Waals surface area contributed by atoms with Crippen LogP contribution in [0.15, 0.2) is 81.6 Å². The first-order valence-electron chi connectivity index (χ1n) is 15.3. The Morgan fingerprint density at radius 1 is 0.583 bits per heavy atom. The third kappa shape index (κ3) is 5.95. The number of methoxy groups -OCH3 is 2. The molecule has 0 bridgehead atoms. The minimum atomic E-state index is -0.712. The van der Waals surface area contributed by atoms with Gasteiger partial charge in [0.25, 0.3) is 0 Å². The summed E-state index contributed by atoms with van der Waals surface area (Å²) in [5.41, 5.74) is 2.69. The Balaban J connectivity index is 1.32. The molecule has 2 aromatic carbocycles. The summed E-state index contributed by atoms with van der Waals surface area (Å²) in [5, 5.41) is 0. The van der Waals surface area contributed by atoms with E-state index in [0.717, 1.165) is 11.1 Å². The van der Waals surface area contributed by atoms with E-state index in [0.29, 0.717) is 45.2 Å². The summed E-state index contributed by atoms with van der Waals surface area (Å²) in [6.07, 6.45) is -0.605. The van der Waals surface area contributed by atoms with Gasteiger partial charge in [-0.3, -0.25) is 18.7 Å². The van der Waals surface area contributed by atoms with Gasteiger partial charge in [-0.15, -0.1) is 0 Å². The summed E-state index contributed by atoms with van der Waals surface area (Å²) in [6.45, 7) is 3.51. The fourth-order valence-corrected chi connectivity index (χ4v) is 5.46. The van der Waals surface area contributed by atoms with Gasteiger partial charge in [-0.25, -0.2) is 9.59 Å². The van der Waals surface area contributed by atoms with Crippen LogP contribution in [0.2, 0.25) is 0 Å². The van der Waals surface area contributed by atoms with Gasteiger partial charge in [0.15, 0.2) is 11.2 Å². The Hall–Kier alpha value is -6.04. The second kappa shape index (κ2) is 13.4. The van der Waals surface area contributed by atoms with Crippen LogP contribution in [0.25, 0.3) is 44.8 Å². The highest BCUT2D eigenvalue weighted by Crippen LogP contribution is 2.34. The zero-order valence-corrected chi connectivity index (χ0v) is 26.7. The quantitative estimate of drug-likeness (QED) is 0.131. The van der Waals surface area contributed by atoms with E-state index < -0.39 is 23.8 Å². The molecule has 0 amide bonds. The number of ether oxygens (including phenoxy) is 4. The largest absolute Gasteiger partial charge is 0.497 e. The monoisotopic (exact) mass is 652 g/mol. The highest BCUT2D eigenvalue weighted by atomic mass is 16.5. The first kappa shape index (κ1) is 31.9. The second-order valence-corrected chi connectivity index (χ2v) is 10.6. The van der Waals surface area contributed by atoms with Crippen molar-refractivity contribution in [2.75, 3.05) is 27.4 Å². The molecule has 0 fully saturated rings. The zero-order valence-electron chi connectivity index (χ0n) is 26.7. The molecule has 0 saturated carbocycles. The van der Waals surface area contributed by atoms with Crippen LogP contribution in [0.5, 0.6) is 11.5 Å². The van der Waals surface area contributed by atoms with Gasteiger partial charge in [-0.1, -0.05) is 0 Å². The lowest BCUT2D eigenvalue weighted by atomic mass is 10.1. The molecule has 0 N–H and O–H groups in total. The van der Waals surface area contributed by atoms with Crippen LogP contribution in [0.4, 0.5) is 0 Å². The second-order valence-electron chi connectivity index (χ2n) is 10.6. The molecule has 0 aliphatic carbocycles. The Morgan fingerprint density at radius 2 is 0.958 bits per heavy atom. The minimum absolute atomic E-state index is 0.0288. The predicted octanol–water partition coefficient (Wildman–Crippen LogP) is 7.25. The predicted molar refractivity (Wildman–Crippen MR) is 175 cm³/mol. The number of fused-ring (bicyclic) bond motifs is 2. The molecular weight excluding hydrogens is 620 g/mol. The number of furan rings is 2. The molecule has 12 nitrogen and oxygen atoms in total. The molecule has 0 unspecified atom stereocenters. The van der Waals surface area contributed by atoms with E-state index in [9.17, 15) is 19.2 Å². The van der Waals surface area contributed by atoms with E-state index >= 15 is 0 Å². The number of hydrogen-bond donors (Lipinski definition) is 0. The Kier molecular flexibility index (Phi) is 8.89. The molecule has 12 heteroatoms. The van der Waals surface area contributed by atoms with E-state index in [1.807, 2.05) is 24.3 Å². The van der Waals surface area contributed by atoms with E-state index in [1.165, 1.54) is 21.3 Å². The summed E-state index contributed by atoms with van der Waals surface area (Å²) >= 11 is 0. The van der Waals surface area contributed by atoms with Crippen molar-refractivity contribution < 1.29 is 47.0 Å². The number of esters is 2. The Morgan fingerprint density at radius 3 is 1.29 bits per heavy atom. The minimum Gasteiger partial charge on any atom is -0.497 e. The van der Waals surface area contributed by atoms with Gasteiger partial charge in [0.1, 0.15) is 34.4 Å². The molecule has 0 saturated heterocycles. The molecule has 6 aromatic rings. The smallest absolute Gasteiger partial charge is 0.355 e. The van der Waals surface area contributed by atoms with Crippen molar-refractivity contribution in [3.8, 4) is 34.1 Å². The highest BCUT2D eigenvalue weighted by molar-refractivity contribution is 6.05. The SMILES string of the molecule is CCOC(=O)c1cc2oc(-c3ccc(OC)cc3)cc2n1C(=O)CCC(=O)n1c(C(=O)OCC)cc2oc(-c3ccc(OC)cc3)cc21. The molecule has 0 aliphatic rings. The molecular formula is C36H32N2O10. The third-order valence-corrected chi connectivity index (χ3v) is 7.75. The standard InChI is InChI=1S/C36H32N2O10/c1-5-45-35(41)27-19-31-25(17-29(47-31)21-7-11-23(43-3)12-8-21)37(27)33(39)15-16-34(40)38-26-18-30(22-9-13-24(44-4)14-10-22)48-32(26)20-28(38)36(42)46-6-2/h7-14,17-20H,5-6,15-16H2,1-4H3. The van der Waals surface area contributed by atoms with Gasteiger partial charge in [0.2, 0.25) is 11.8 Å². The van der Waals surface area contributed by atoms with Crippen molar-refractivity contribution in [2.24, 2.45) is 0 Å².